The molecule has 0 saturated heterocycles. The quantitative estimate of drug-likeness (QED) is 0.925. The predicted octanol–water partition coefficient (Wildman–Crippen LogP) is 3.94. The number of hydrogen-bond donors (Lipinski definition) is 1. The van der Waals surface area contributed by atoms with Crippen LogP contribution in [-0.4, -0.2) is 12.2 Å². The van der Waals surface area contributed by atoms with Crippen molar-refractivity contribution < 1.29 is 14.2 Å². The van der Waals surface area contributed by atoms with E-state index in [0.29, 0.717) is 21.9 Å². The lowest BCUT2D eigenvalue weighted by Crippen LogP contribution is -2.25. The van der Waals surface area contributed by atoms with Gasteiger partial charge in [-0.15, -0.1) is 0 Å². The second-order valence-electron chi connectivity index (χ2n) is 4.89. The van der Waals surface area contributed by atoms with Gasteiger partial charge in [-0.05, 0) is 36.8 Å². The van der Waals surface area contributed by atoms with Crippen LogP contribution in [0.1, 0.15) is 18.1 Å². The number of para-hydroxylation sites is 1. The summed E-state index contributed by atoms with van der Waals surface area (Å²) >= 11 is 5.88. The molecule has 1 unspecified atom stereocenters. The molecule has 0 bridgehead atoms. The molecule has 0 saturated carbocycles. The first kappa shape index (κ1) is 14.8. The van der Waals surface area contributed by atoms with Gasteiger partial charge in [0, 0.05) is 17.0 Å². The van der Waals surface area contributed by atoms with Crippen molar-refractivity contribution in [2.75, 3.05) is 7.11 Å². The summed E-state index contributed by atoms with van der Waals surface area (Å²) < 4.78 is 19.0. The molecule has 2 aromatic carbocycles. The first-order valence-corrected chi connectivity index (χ1v) is 6.61. The summed E-state index contributed by atoms with van der Waals surface area (Å²) in [5.74, 6) is 0.185. The average molecular weight is 295 g/mol. The van der Waals surface area contributed by atoms with Gasteiger partial charge in [-0.1, -0.05) is 29.8 Å². The monoisotopic (exact) mass is 294 g/mol. The molecule has 0 spiro atoms. The third-order valence-electron chi connectivity index (χ3n) is 3.23. The highest BCUT2D eigenvalue weighted by molar-refractivity contribution is 6.30. The predicted molar refractivity (Wildman–Crippen MR) is 77.7 cm³/mol. The highest BCUT2D eigenvalue weighted by Gasteiger charge is 2.28. The largest absolute Gasteiger partial charge is 0.496 e. The first-order chi connectivity index (χ1) is 9.44. The summed E-state index contributed by atoms with van der Waals surface area (Å²) in [5.41, 5.74) is -0.270. The zero-order valence-corrected chi connectivity index (χ0v) is 12.1. The van der Waals surface area contributed by atoms with Crippen molar-refractivity contribution in [3.63, 3.8) is 0 Å². The van der Waals surface area contributed by atoms with Gasteiger partial charge in [-0.25, -0.2) is 4.39 Å². The maximum atomic E-state index is 13.8. The number of rotatable bonds is 4. The topological polar surface area (TPSA) is 29.5 Å². The van der Waals surface area contributed by atoms with Gasteiger partial charge >= 0.3 is 0 Å². The van der Waals surface area contributed by atoms with Crippen molar-refractivity contribution in [1.82, 2.24) is 0 Å². The Morgan fingerprint density at radius 1 is 1.25 bits per heavy atom. The molecule has 1 N–H and O–H groups in total. The maximum Gasteiger partial charge on any atom is 0.126 e. The second-order valence-corrected chi connectivity index (χ2v) is 5.32. The van der Waals surface area contributed by atoms with Gasteiger partial charge in [-0.3, -0.25) is 0 Å². The molecule has 0 aliphatic rings. The molecule has 0 amide bonds. The fourth-order valence-corrected chi connectivity index (χ4v) is 2.43. The molecule has 2 aromatic rings. The normalized spacial score (nSPS) is 13.8. The molecule has 0 heterocycles. The number of aliphatic hydroxyl groups is 1. The van der Waals surface area contributed by atoms with Gasteiger partial charge in [0.15, 0.2) is 0 Å². The number of benzene rings is 2. The molecule has 20 heavy (non-hydrogen) atoms. The summed E-state index contributed by atoms with van der Waals surface area (Å²) in [4.78, 5) is 0. The third-order valence-corrected chi connectivity index (χ3v) is 3.46. The number of hydrogen-bond acceptors (Lipinski definition) is 2. The standard InChI is InChI=1S/C16H16ClFO2/c1-16(19,13-5-3-4-6-15(13)20-2)10-11-9-12(17)7-8-14(11)18/h3-9,19H,10H2,1-2H3. The molecular formula is C16H16ClFO2. The van der Waals surface area contributed by atoms with Crippen LogP contribution in [-0.2, 0) is 12.0 Å². The van der Waals surface area contributed by atoms with Crippen molar-refractivity contribution in [1.29, 1.82) is 0 Å². The summed E-state index contributed by atoms with van der Waals surface area (Å²) in [6.07, 6.45) is 0.111. The van der Waals surface area contributed by atoms with Crippen LogP contribution in [0.4, 0.5) is 4.39 Å². The van der Waals surface area contributed by atoms with Crippen molar-refractivity contribution in [3.05, 3.63) is 64.4 Å². The van der Waals surface area contributed by atoms with E-state index in [0.717, 1.165) is 0 Å². The highest BCUT2D eigenvalue weighted by Crippen LogP contribution is 2.33. The molecule has 0 aromatic heterocycles. The Morgan fingerprint density at radius 3 is 2.65 bits per heavy atom. The van der Waals surface area contributed by atoms with Crippen LogP contribution in [0, 0.1) is 5.82 Å². The SMILES string of the molecule is COc1ccccc1C(C)(O)Cc1cc(Cl)ccc1F. The zero-order valence-electron chi connectivity index (χ0n) is 11.4. The molecule has 106 valence electrons. The minimum absolute atomic E-state index is 0.111. The average Bonchev–Trinajstić information content (AvgIpc) is 2.42. The Hall–Kier alpha value is -1.58. The van der Waals surface area contributed by atoms with Crippen LogP contribution in [0.5, 0.6) is 5.75 Å². The highest BCUT2D eigenvalue weighted by atomic mass is 35.5. The molecule has 0 fully saturated rings. The molecule has 0 aliphatic carbocycles. The third kappa shape index (κ3) is 3.11. The van der Waals surface area contributed by atoms with Gasteiger partial charge < -0.3 is 9.84 Å². The maximum absolute atomic E-state index is 13.8. The van der Waals surface area contributed by atoms with E-state index in [1.165, 1.54) is 25.3 Å². The summed E-state index contributed by atoms with van der Waals surface area (Å²) in [5, 5.41) is 11.1. The molecular weight excluding hydrogens is 279 g/mol. The van der Waals surface area contributed by atoms with Crippen molar-refractivity contribution in [2.24, 2.45) is 0 Å². The number of ether oxygens (including phenoxy) is 1. The Morgan fingerprint density at radius 2 is 1.95 bits per heavy atom. The Bertz CT molecular complexity index is 611. The number of halogens is 2. The molecule has 2 nitrogen and oxygen atoms in total. The van der Waals surface area contributed by atoms with Gasteiger partial charge in [0.25, 0.3) is 0 Å². The fraction of sp³-hybridized carbons (Fsp3) is 0.250. The van der Waals surface area contributed by atoms with E-state index in [9.17, 15) is 9.50 Å². The minimum atomic E-state index is -1.25. The van der Waals surface area contributed by atoms with Crippen LogP contribution in [0.15, 0.2) is 42.5 Å². The first-order valence-electron chi connectivity index (χ1n) is 6.24. The van der Waals surface area contributed by atoms with Gasteiger partial charge in [0.2, 0.25) is 0 Å². The lowest BCUT2D eigenvalue weighted by atomic mass is 9.88. The molecule has 2 rings (SSSR count). The summed E-state index contributed by atoms with van der Waals surface area (Å²) in [7, 11) is 1.54. The fourth-order valence-electron chi connectivity index (χ4n) is 2.23. The van der Waals surface area contributed by atoms with E-state index in [1.807, 2.05) is 6.07 Å². The van der Waals surface area contributed by atoms with Crippen molar-refractivity contribution in [3.8, 4) is 5.75 Å². The van der Waals surface area contributed by atoms with Gasteiger partial charge in [0.05, 0.1) is 12.7 Å². The van der Waals surface area contributed by atoms with Crippen LogP contribution in [0.2, 0.25) is 5.02 Å². The summed E-state index contributed by atoms with van der Waals surface area (Å²) in [6, 6.07) is 11.5. The summed E-state index contributed by atoms with van der Waals surface area (Å²) in [6.45, 7) is 1.63. The van der Waals surface area contributed by atoms with E-state index in [4.69, 9.17) is 16.3 Å². The molecule has 1 atom stereocenters. The van der Waals surface area contributed by atoms with Crippen LogP contribution in [0.25, 0.3) is 0 Å². The number of methoxy groups -OCH3 is 1. The van der Waals surface area contributed by atoms with Crippen molar-refractivity contribution in [2.45, 2.75) is 18.9 Å². The minimum Gasteiger partial charge on any atom is -0.496 e. The van der Waals surface area contributed by atoms with Gasteiger partial charge in [-0.2, -0.15) is 0 Å². The molecule has 0 radical (unpaired) electrons. The van der Waals surface area contributed by atoms with Gasteiger partial charge in [0.1, 0.15) is 11.6 Å². The Kier molecular flexibility index (Phi) is 4.31. The second kappa shape index (κ2) is 5.81. The van der Waals surface area contributed by atoms with E-state index >= 15 is 0 Å². The lowest BCUT2D eigenvalue weighted by molar-refractivity contribution is 0.0540. The van der Waals surface area contributed by atoms with Crippen LogP contribution < -0.4 is 4.74 Å². The van der Waals surface area contributed by atoms with E-state index in [-0.39, 0.29) is 12.2 Å². The van der Waals surface area contributed by atoms with E-state index < -0.39 is 5.60 Å². The zero-order chi connectivity index (χ0) is 14.8. The smallest absolute Gasteiger partial charge is 0.126 e. The molecule has 4 heteroatoms. The molecule has 0 aliphatic heterocycles. The Balaban J connectivity index is 2.37. The van der Waals surface area contributed by atoms with E-state index in [2.05, 4.69) is 0 Å². The lowest BCUT2D eigenvalue weighted by Gasteiger charge is -2.26. The van der Waals surface area contributed by atoms with E-state index in [1.54, 1.807) is 25.1 Å². The van der Waals surface area contributed by atoms with Crippen LogP contribution in [0.3, 0.4) is 0 Å². The Labute approximate surface area is 122 Å². The van der Waals surface area contributed by atoms with Crippen molar-refractivity contribution >= 4 is 11.6 Å². The van der Waals surface area contributed by atoms with Crippen LogP contribution >= 0.6 is 11.6 Å².